The second-order valence-electron chi connectivity index (χ2n) is 6.48. The minimum atomic E-state index is 0.599. The van der Waals surface area contributed by atoms with Gasteiger partial charge in [0.05, 0.1) is 12.2 Å². The molecule has 0 amide bonds. The number of hydrogen-bond acceptors (Lipinski definition) is 3. The van der Waals surface area contributed by atoms with Crippen LogP contribution in [0.25, 0.3) is 22.1 Å². The first kappa shape index (κ1) is 15.6. The summed E-state index contributed by atoms with van der Waals surface area (Å²) in [4.78, 5) is 23.6. The summed E-state index contributed by atoms with van der Waals surface area (Å²) in [5.74, 6) is 1.04. The van der Waals surface area contributed by atoms with Gasteiger partial charge in [0.15, 0.2) is 11.9 Å². The Kier molecular flexibility index (Phi) is 3.64. The summed E-state index contributed by atoms with van der Waals surface area (Å²) in [6.45, 7) is 6.93. The third-order valence-electron chi connectivity index (χ3n) is 4.59. The van der Waals surface area contributed by atoms with Crippen LogP contribution in [0.3, 0.4) is 0 Å². The molecule has 5 nitrogen and oxygen atoms in total. The third-order valence-corrected chi connectivity index (χ3v) is 4.59. The highest BCUT2D eigenvalue weighted by atomic mass is 16.1. The maximum absolute atomic E-state index is 11.0. The van der Waals surface area contributed by atoms with Crippen molar-refractivity contribution in [2.45, 2.75) is 33.7 Å². The number of hydrogen-bond donors (Lipinski definition) is 1. The molecule has 0 fully saturated rings. The highest BCUT2D eigenvalue weighted by molar-refractivity contribution is 5.88. The number of benzene rings is 1. The summed E-state index contributed by atoms with van der Waals surface area (Å²) < 4.78 is 2.20. The minimum absolute atomic E-state index is 0.599. The summed E-state index contributed by atoms with van der Waals surface area (Å²) in [7, 11) is 0. The zero-order chi connectivity index (χ0) is 17.6. The van der Waals surface area contributed by atoms with E-state index in [0.29, 0.717) is 12.2 Å². The number of imidazole rings is 1. The fourth-order valence-corrected chi connectivity index (χ4v) is 3.43. The number of aromatic nitrogens is 4. The molecule has 0 atom stereocenters. The van der Waals surface area contributed by atoms with Gasteiger partial charge in [0.1, 0.15) is 11.3 Å². The molecule has 3 aromatic heterocycles. The van der Waals surface area contributed by atoms with Gasteiger partial charge in [-0.2, -0.15) is 0 Å². The van der Waals surface area contributed by atoms with Gasteiger partial charge in [-0.3, -0.25) is 4.79 Å². The fourth-order valence-electron chi connectivity index (χ4n) is 3.43. The lowest BCUT2D eigenvalue weighted by molar-refractivity contribution is 0.112. The summed E-state index contributed by atoms with van der Waals surface area (Å²) in [6, 6.07) is 10.2. The topological polar surface area (TPSA) is 63.6 Å². The lowest BCUT2D eigenvalue weighted by Crippen LogP contribution is -2.05. The van der Waals surface area contributed by atoms with E-state index in [1.165, 1.54) is 5.56 Å². The molecule has 0 unspecified atom stereocenters. The van der Waals surface area contributed by atoms with Gasteiger partial charge in [-0.1, -0.05) is 13.0 Å². The van der Waals surface area contributed by atoms with Gasteiger partial charge >= 0.3 is 0 Å². The molecule has 25 heavy (non-hydrogen) atoms. The summed E-state index contributed by atoms with van der Waals surface area (Å²) >= 11 is 0. The number of pyridine rings is 1. The van der Waals surface area contributed by atoms with E-state index in [-0.39, 0.29) is 0 Å². The van der Waals surface area contributed by atoms with Crippen molar-refractivity contribution in [3.63, 3.8) is 0 Å². The number of fused-ring (bicyclic) bond motifs is 2. The molecule has 0 aliphatic heterocycles. The SMILES string of the molecule is CCc1nc2c(C)cc(C)nc2n1Cc1ccc2[nH]c(C=O)cc2c1. The number of aryl methyl sites for hydroxylation is 3. The Morgan fingerprint density at radius 3 is 2.76 bits per heavy atom. The smallest absolute Gasteiger partial charge is 0.166 e. The Morgan fingerprint density at radius 2 is 2.00 bits per heavy atom. The van der Waals surface area contributed by atoms with Crippen LogP contribution < -0.4 is 0 Å². The summed E-state index contributed by atoms with van der Waals surface area (Å²) in [6.07, 6.45) is 1.70. The van der Waals surface area contributed by atoms with Crippen molar-refractivity contribution in [3.8, 4) is 0 Å². The fraction of sp³-hybridized carbons (Fsp3) is 0.250. The zero-order valence-electron chi connectivity index (χ0n) is 14.6. The molecule has 0 spiro atoms. The van der Waals surface area contributed by atoms with E-state index in [4.69, 9.17) is 9.97 Å². The van der Waals surface area contributed by atoms with E-state index >= 15 is 0 Å². The van der Waals surface area contributed by atoms with Gasteiger partial charge in [0.25, 0.3) is 0 Å². The molecule has 0 aliphatic carbocycles. The Morgan fingerprint density at radius 1 is 1.16 bits per heavy atom. The Balaban J connectivity index is 1.83. The summed E-state index contributed by atoms with van der Waals surface area (Å²) in [5, 5.41) is 1.04. The molecule has 0 bridgehead atoms. The molecule has 3 heterocycles. The van der Waals surface area contributed by atoms with Gasteiger partial charge in [0, 0.05) is 23.0 Å². The van der Waals surface area contributed by atoms with Crippen molar-refractivity contribution < 1.29 is 4.79 Å². The van der Waals surface area contributed by atoms with Crippen LogP contribution in [0.4, 0.5) is 0 Å². The van der Waals surface area contributed by atoms with Crippen LogP contribution in [-0.4, -0.2) is 25.8 Å². The molecular weight excluding hydrogens is 312 g/mol. The lowest BCUT2D eigenvalue weighted by Gasteiger charge is -2.09. The minimum Gasteiger partial charge on any atom is -0.352 e. The second kappa shape index (κ2) is 5.84. The first-order valence-electron chi connectivity index (χ1n) is 8.49. The highest BCUT2D eigenvalue weighted by Gasteiger charge is 2.14. The predicted octanol–water partition coefficient (Wildman–Crippen LogP) is 3.95. The third kappa shape index (κ3) is 2.61. The first-order chi connectivity index (χ1) is 12.1. The number of H-pyrrole nitrogens is 1. The molecule has 126 valence electrons. The molecule has 0 aliphatic rings. The van der Waals surface area contributed by atoms with E-state index in [1.54, 1.807) is 0 Å². The number of nitrogens with one attached hydrogen (secondary N) is 1. The maximum atomic E-state index is 11.0. The van der Waals surface area contributed by atoms with Crippen LogP contribution in [0.2, 0.25) is 0 Å². The van der Waals surface area contributed by atoms with Gasteiger partial charge < -0.3 is 9.55 Å². The van der Waals surface area contributed by atoms with Gasteiger partial charge in [0.2, 0.25) is 0 Å². The molecule has 0 saturated carbocycles. The van der Waals surface area contributed by atoms with Crippen LogP contribution in [0, 0.1) is 13.8 Å². The van der Waals surface area contributed by atoms with E-state index < -0.39 is 0 Å². The van der Waals surface area contributed by atoms with Crippen molar-refractivity contribution in [1.82, 2.24) is 19.5 Å². The Bertz CT molecular complexity index is 1100. The highest BCUT2D eigenvalue weighted by Crippen LogP contribution is 2.22. The number of rotatable bonds is 4. The van der Waals surface area contributed by atoms with Crippen LogP contribution in [0.1, 0.15) is 40.1 Å². The number of aldehydes is 1. The lowest BCUT2D eigenvalue weighted by atomic mass is 10.1. The average molecular weight is 332 g/mol. The monoisotopic (exact) mass is 332 g/mol. The van der Waals surface area contributed by atoms with Crippen molar-refractivity contribution in [2.24, 2.45) is 0 Å². The van der Waals surface area contributed by atoms with Gasteiger partial charge in [-0.15, -0.1) is 0 Å². The molecule has 1 aromatic carbocycles. The zero-order valence-corrected chi connectivity index (χ0v) is 14.6. The van der Waals surface area contributed by atoms with Crippen LogP contribution >= 0.6 is 0 Å². The molecule has 0 radical (unpaired) electrons. The summed E-state index contributed by atoms with van der Waals surface area (Å²) in [5.41, 5.74) is 6.83. The van der Waals surface area contributed by atoms with E-state index in [1.807, 2.05) is 19.1 Å². The standard InChI is InChI=1S/C20H20N4O/c1-4-18-23-19-12(2)7-13(3)21-20(19)24(18)10-14-5-6-17-15(8-14)9-16(11-25)22-17/h5-9,11,22H,4,10H2,1-3H3. The first-order valence-corrected chi connectivity index (χ1v) is 8.49. The molecule has 5 heteroatoms. The Labute approximate surface area is 145 Å². The number of aromatic amines is 1. The van der Waals surface area contributed by atoms with E-state index in [9.17, 15) is 4.79 Å². The normalized spacial score (nSPS) is 11.5. The number of carbonyl (C=O) groups excluding carboxylic acids is 1. The second-order valence-corrected chi connectivity index (χ2v) is 6.48. The van der Waals surface area contributed by atoms with Crippen molar-refractivity contribution in [1.29, 1.82) is 0 Å². The van der Waals surface area contributed by atoms with Gasteiger partial charge in [-0.05, 0) is 49.2 Å². The molecule has 4 rings (SSSR count). The molecule has 4 aromatic rings. The van der Waals surface area contributed by atoms with E-state index in [2.05, 4.69) is 41.6 Å². The van der Waals surface area contributed by atoms with Crippen molar-refractivity contribution in [2.75, 3.05) is 0 Å². The number of nitrogens with zero attached hydrogens (tertiary/aromatic N) is 3. The van der Waals surface area contributed by atoms with Crippen molar-refractivity contribution >= 4 is 28.4 Å². The largest absolute Gasteiger partial charge is 0.352 e. The van der Waals surface area contributed by atoms with Crippen LogP contribution in [0.15, 0.2) is 30.3 Å². The maximum Gasteiger partial charge on any atom is 0.166 e. The predicted molar refractivity (Wildman–Crippen MR) is 99.2 cm³/mol. The number of carbonyl (C=O) groups is 1. The van der Waals surface area contributed by atoms with Gasteiger partial charge in [-0.25, -0.2) is 9.97 Å². The van der Waals surface area contributed by atoms with Crippen LogP contribution in [-0.2, 0) is 13.0 Å². The quantitative estimate of drug-likeness (QED) is 0.576. The average Bonchev–Trinajstić information content (AvgIpc) is 3.16. The molecule has 1 N–H and O–H groups in total. The Hall–Kier alpha value is -2.95. The molecular formula is C20H20N4O. The van der Waals surface area contributed by atoms with E-state index in [0.717, 1.165) is 51.9 Å². The molecule has 0 saturated heterocycles. The van der Waals surface area contributed by atoms with Crippen molar-refractivity contribution in [3.05, 3.63) is 58.7 Å². The van der Waals surface area contributed by atoms with Crippen LogP contribution in [0.5, 0.6) is 0 Å².